The zero-order chi connectivity index (χ0) is 20.7. The van der Waals surface area contributed by atoms with Crippen LogP contribution in [0.25, 0.3) is 22.4 Å². The van der Waals surface area contributed by atoms with E-state index in [-0.39, 0.29) is 16.6 Å². The Morgan fingerprint density at radius 1 is 0.750 bits per heavy atom. The largest absolute Gasteiger partial charge is 0.507 e. The van der Waals surface area contributed by atoms with Crippen molar-refractivity contribution in [2.75, 3.05) is 0 Å². The van der Waals surface area contributed by atoms with Crippen molar-refractivity contribution in [2.24, 2.45) is 0 Å². The van der Waals surface area contributed by atoms with E-state index in [2.05, 4.69) is 64.7 Å². The molecular formula is C25H28ClNO. The maximum Gasteiger partial charge on any atom is 0.130 e. The van der Waals surface area contributed by atoms with Crippen LogP contribution in [-0.2, 0) is 10.8 Å². The smallest absolute Gasteiger partial charge is 0.130 e. The number of aromatic nitrogens is 1. The van der Waals surface area contributed by atoms with Crippen LogP contribution in [0.1, 0.15) is 52.7 Å². The summed E-state index contributed by atoms with van der Waals surface area (Å²) in [4.78, 5) is 4.44. The third-order valence-corrected chi connectivity index (χ3v) is 5.17. The summed E-state index contributed by atoms with van der Waals surface area (Å²) in [6.07, 6.45) is 0. The van der Waals surface area contributed by atoms with E-state index in [1.54, 1.807) is 12.1 Å². The number of nitrogens with zero attached hydrogens (tertiary/aromatic N) is 1. The van der Waals surface area contributed by atoms with Crippen molar-refractivity contribution in [3.63, 3.8) is 0 Å². The molecule has 0 aliphatic heterocycles. The van der Waals surface area contributed by atoms with Crippen LogP contribution in [0.4, 0.5) is 0 Å². The molecule has 1 aromatic heterocycles. The van der Waals surface area contributed by atoms with Gasteiger partial charge in [-0.1, -0.05) is 83.5 Å². The van der Waals surface area contributed by atoms with Gasteiger partial charge in [0.05, 0.1) is 5.69 Å². The molecule has 0 fully saturated rings. The van der Waals surface area contributed by atoms with Crippen LogP contribution < -0.4 is 0 Å². The lowest BCUT2D eigenvalue weighted by atomic mass is 9.79. The zero-order valence-electron chi connectivity index (χ0n) is 17.5. The van der Waals surface area contributed by atoms with Gasteiger partial charge in [-0.2, -0.15) is 0 Å². The van der Waals surface area contributed by atoms with Crippen LogP contribution in [0.2, 0.25) is 5.15 Å². The first-order valence-corrected chi connectivity index (χ1v) is 9.95. The summed E-state index contributed by atoms with van der Waals surface area (Å²) in [5.74, 6) is 0.196. The number of rotatable bonds is 2. The molecule has 0 spiro atoms. The summed E-state index contributed by atoms with van der Waals surface area (Å²) in [6, 6.07) is 17.8. The van der Waals surface area contributed by atoms with Crippen LogP contribution in [0, 0.1) is 0 Å². The van der Waals surface area contributed by atoms with E-state index >= 15 is 0 Å². The molecule has 0 radical (unpaired) electrons. The first kappa shape index (κ1) is 20.4. The van der Waals surface area contributed by atoms with Crippen LogP contribution in [-0.4, -0.2) is 10.1 Å². The summed E-state index contributed by atoms with van der Waals surface area (Å²) in [5, 5.41) is 10.6. The molecule has 0 aliphatic rings. The van der Waals surface area contributed by atoms with Gasteiger partial charge in [0.2, 0.25) is 0 Å². The molecule has 1 N–H and O–H groups in total. The Morgan fingerprint density at radius 2 is 1.29 bits per heavy atom. The number of hydrogen-bond donors (Lipinski definition) is 1. The lowest BCUT2D eigenvalue weighted by Gasteiger charge is -2.26. The van der Waals surface area contributed by atoms with Gasteiger partial charge in [0.25, 0.3) is 0 Å². The molecule has 28 heavy (non-hydrogen) atoms. The minimum Gasteiger partial charge on any atom is -0.507 e. The Balaban J connectivity index is 2.22. The summed E-state index contributed by atoms with van der Waals surface area (Å²) in [7, 11) is 0. The highest BCUT2D eigenvalue weighted by molar-refractivity contribution is 6.29. The number of aromatic hydroxyl groups is 1. The third-order valence-electron chi connectivity index (χ3n) is 4.97. The fraction of sp³-hybridized carbons (Fsp3) is 0.320. The van der Waals surface area contributed by atoms with Crippen molar-refractivity contribution in [1.82, 2.24) is 4.98 Å². The van der Waals surface area contributed by atoms with Crippen molar-refractivity contribution >= 4 is 11.6 Å². The summed E-state index contributed by atoms with van der Waals surface area (Å²) >= 11 is 6.37. The molecule has 0 aliphatic carbocycles. The van der Waals surface area contributed by atoms with Gasteiger partial charge < -0.3 is 5.11 Å². The predicted molar refractivity (Wildman–Crippen MR) is 119 cm³/mol. The molecule has 3 rings (SSSR count). The average Bonchev–Trinajstić information content (AvgIpc) is 2.59. The second-order valence-corrected chi connectivity index (χ2v) is 9.77. The molecule has 2 nitrogen and oxygen atoms in total. The molecule has 3 heteroatoms. The predicted octanol–water partition coefficient (Wildman–Crippen LogP) is 7.37. The van der Waals surface area contributed by atoms with Gasteiger partial charge in [0.1, 0.15) is 10.9 Å². The van der Waals surface area contributed by atoms with E-state index in [0.717, 1.165) is 11.1 Å². The maximum absolute atomic E-state index is 10.2. The number of hydrogen-bond acceptors (Lipinski definition) is 2. The lowest BCUT2D eigenvalue weighted by molar-refractivity contribution is 0.477. The van der Waals surface area contributed by atoms with E-state index in [1.807, 2.05) is 24.3 Å². The number of benzene rings is 2. The first-order valence-electron chi connectivity index (χ1n) is 9.57. The highest BCUT2D eigenvalue weighted by Gasteiger charge is 2.21. The van der Waals surface area contributed by atoms with Crippen molar-refractivity contribution in [1.29, 1.82) is 0 Å². The Kier molecular flexibility index (Phi) is 5.29. The Morgan fingerprint density at radius 3 is 1.82 bits per heavy atom. The second kappa shape index (κ2) is 7.25. The Bertz CT molecular complexity index is 978. The number of phenols is 1. The van der Waals surface area contributed by atoms with Gasteiger partial charge in [0.15, 0.2) is 0 Å². The molecule has 0 saturated heterocycles. The topological polar surface area (TPSA) is 33.1 Å². The number of pyridine rings is 1. The molecule has 146 valence electrons. The SMILES string of the molecule is CC(C)(C)c1cc(-c2cc(Cl)nc(-c3ccccc3O)c2)cc(C(C)(C)C)c1. The van der Waals surface area contributed by atoms with Gasteiger partial charge in [-0.25, -0.2) is 4.98 Å². The first-order chi connectivity index (χ1) is 12.9. The fourth-order valence-electron chi connectivity index (χ4n) is 3.15. The van der Waals surface area contributed by atoms with Crippen LogP contribution in [0.15, 0.2) is 54.6 Å². The maximum atomic E-state index is 10.2. The van der Waals surface area contributed by atoms with Gasteiger partial charge in [-0.05, 0) is 57.3 Å². The molecule has 3 aromatic rings. The van der Waals surface area contributed by atoms with Crippen molar-refractivity contribution in [2.45, 2.75) is 52.4 Å². The zero-order valence-corrected chi connectivity index (χ0v) is 18.2. The molecule has 0 unspecified atom stereocenters. The van der Waals surface area contributed by atoms with Crippen molar-refractivity contribution < 1.29 is 5.11 Å². The number of para-hydroxylation sites is 1. The van der Waals surface area contributed by atoms with E-state index in [1.165, 1.54) is 11.1 Å². The van der Waals surface area contributed by atoms with Crippen LogP contribution in [0.3, 0.4) is 0 Å². The summed E-state index contributed by atoms with van der Waals surface area (Å²) in [6.45, 7) is 13.4. The second-order valence-electron chi connectivity index (χ2n) is 9.38. The molecule has 1 heterocycles. The van der Waals surface area contributed by atoms with Crippen LogP contribution >= 0.6 is 11.6 Å². The normalized spacial score (nSPS) is 12.2. The Labute approximate surface area is 173 Å². The summed E-state index contributed by atoms with van der Waals surface area (Å²) < 4.78 is 0. The minimum atomic E-state index is 0.0351. The van der Waals surface area contributed by atoms with E-state index in [4.69, 9.17) is 11.6 Å². The highest BCUT2D eigenvalue weighted by Crippen LogP contribution is 2.36. The standard InChI is InChI=1S/C25H28ClNO/c1-24(2,3)18-11-16(12-19(15-18)25(4,5)6)17-13-21(27-23(26)14-17)20-9-7-8-10-22(20)28/h7-15,28H,1-6H3. The van der Waals surface area contributed by atoms with Crippen molar-refractivity contribution in [3.8, 4) is 28.1 Å². The van der Waals surface area contributed by atoms with E-state index in [0.29, 0.717) is 16.4 Å². The van der Waals surface area contributed by atoms with Crippen molar-refractivity contribution in [3.05, 3.63) is 70.9 Å². The molecular weight excluding hydrogens is 366 g/mol. The molecule has 2 aromatic carbocycles. The van der Waals surface area contributed by atoms with E-state index in [9.17, 15) is 5.11 Å². The van der Waals surface area contributed by atoms with Gasteiger partial charge in [0, 0.05) is 5.56 Å². The molecule has 0 atom stereocenters. The monoisotopic (exact) mass is 393 g/mol. The molecule has 0 saturated carbocycles. The van der Waals surface area contributed by atoms with Gasteiger partial charge in [-0.3, -0.25) is 0 Å². The molecule has 0 amide bonds. The number of halogens is 1. The molecule has 0 bridgehead atoms. The van der Waals surface area contributed by atoms with E-state index < -0.39 is 0 Å². The average molecular weight is 394 g/mol. The highest BCUT2D eigenvalue weighted by atomic mass is 35.5. The summed E-state index contributed by atoms with van der Waals surface area (Å²) in [5.41, 5.74) is 6.08. The van der Waals surface area contributed by atoms with Gasteiger partial charge >= 0.3 is 0 Å². The van der Waals surface area contributed by atoms with Gasteiger partial charge in [-0.15, -0.1) is 0 Å². The number of phenolic OH excluding ortho intramolecular Hbond substituents is 1. The van der Waals surface area contributed by atoms with Crippen LogP contribution in [0.5, 0.6) is 5.75 Å². The minimum absolute atomic E-state index is 0.0351. The lowest BCUT2D eigenvalue weighted by Crippen LogP contribution is -2.16. The third kappa shape index (κ3) is 4.39. The Hall–Kier alpha value is -2.32. The quantitative estimate of drug-likeness (QED) is 0.461. The fourth-order valence-corrected chi connectivity index (χ4v) is 3.36.